The van der Waals surface area contributed by atoms with Crippen LogP contribution in [0.4, 0.5) is 0 Å². The standard InChI is InChI=1S/C11H13N3O2S/c1-7-3-4-9(5-10(7)6-17(15)16)11-12-8(2)13-14-11/h3-5H,6H2,1-2H3,(H,15,16)(H,12,13,14)/p-1. The van der Waals surface area contributed by atoms with Gasteiger partial charge in [0.15, 0.2) is 5.82 Å². The number of rotatable bonds is 3. The molecule has 2 rings (SSSR count). The molecule has 0 amide bonds. The second kappa shape index (κ2) is 4.77. The number of hydrogen-bond acceptors (Lipinski definition) is 4. The first-order chi connectivity index (χ1) is 8.06. The van der Waals surface area contributed by atoms with Gasteiger partial charge in [-0.3, -0.25) is 9.31 Å². The van der Waals surface area contributed by atoms with Crippen LogP contribution in [0.25, 0.3) is 11.4 Å². The topological polar surface area (TPSA) is 81.7 Å². The second-order valence-electron chi connectivity index (χ2n) is 3.83. The first kappa shape index (κ1) is 11.9. The molecule has 1 aromatic carbocycles. The molecule has 90 valence electrons. The minimum atomic E-state index is -2.08. The van der Waals surface area contributed by atoms with Crippen LogP contribution >= 0.6 is 0 Å². The van der Waals surface area contributed by atoms with Crippen LogP contribution in [0.2, 0.25) is 0 Å². The number of nitrogens with zero attached hydrogens (tertiary/aromatic N) is 2. The average molecular weight is 250 g/mol. The Bertz CT molecular complexity index is 566. The van der Waals surface area contributed by atoms with Crippen LogP contribution in [-0.4, -0.2) is 23.9 Å². The Morgan fingerprint density at radius 2 is 2.18 bits per heavy atom. The first-order valence-electron chi connectivity index (χ1n) is 5.11. The lowest BCUT2D eigenvalue weighted by Crippen LogP contribution is -1.97. The second-order valence-corrected chi connectivity index (χ2v) is 4.73. The zero-order chi connectivity index (χ0) is 12.4. The molecular weight excluding hydrogens is 238 g/mol. The Hall–Kier alpha value is -1.53. The monoisotopic (exact) mass is 250 g/mol. The molecule has 17 heavy (non-hydrogen) atoms. The van der Waals surface area contributed by atoms with Crippen LogP contribution in [0.1, 0.15) is 17.0 Å². The summed E-state index contributed by atoms with van der Waals surface area (Å²) in [7, 11) is 0. The predicted octanol–water partition coefficient (Wildman–Crippen LogP) is 1.47. The summed E-state index contributed by atoms with van der Waals surface area (Å²) in [5.41, 5.74) is 2.55. The molecule has 1 atom stereocenters. The van der Waals surface area contributed by atoms with Crippen molar-refractivity contribution in [1.82, 2.24) is 15.2 Å². The molecule has 0 aliphatic carbocycles. The van der Waals surface area contributed by atoms with Crippen molar-refractivity contribution in [3.63, 3.8) is 0 Å². The highest BCUT2D eigenvalue weighted by atomic mass is 32.2. The Balaban J connectivity index is 2.40. The van der Waals surface area contributed by atoms with Gasteiger partial charge in [0.25, 0.3) is 0 Å². The molecular formula is C11H12N3O2S-. The molecule has 0 bridgehead atoms. The van der Waals surface area contributed by atoms with E-state index in [2.05, 4.69) is 15.2 Å². The Morgan fingerprint density at radius 1 is 1.41 bits per heavy atom. The SMILES string of the molecule is Cc1nc(-c2ccc(C)c(CS(=O)[O-])c2)n[nH]1. The highest BCUT2D eigenvalue weighted by Gasteiger charge is 2.06. The van der Waals surface area contributed by atoms with E-state index in [0.717, 1.165) is 22.5 Å². The summed E-state index contributed by atoms with van der Waals surface area (Å²) in [6.45, 7) is 3.70. The van der Waals surface area contributed by atoms with Crippen LogP contribution in [0.3, 0.4) is 0 Å². The summed E-state index contributed by atoms with van der Waals surface area (Å²) in [6.07, 6.45) is 0. The molecule has 2 aromatic rings. The summed E-state index contributed by atoms with van der Waals surface area (Å²) in [5, 5.41) is 6.80. The lowest BCUT2D eigenvalue weighted by atomic mass is 10.1. The summed E-state index contributed by atoms with van der Waals surface area (Å²) >= 11 is -2.08. The van der Waals surface area contributed by atoms with Crippen LogP contribution in [-0.2, 0) is 16.8 Å². The number of aromatic nitrogens is 3. The van der Waals surface area contributed by atoms with Crippen molar-refractivity contribution in [3.05, 3.63) is 35.2 Å². The van der Waals surface area contributed by atoms with Crippen molar-refractivity contribution >= 4 is 11.1 Å². The number of nitrogens with one attached hydrogen (secondary N) is 1. The van der Waals surface area contributed by atoms with E-state index in [0.29, 0.717) is 5.82 Å². The predicted molar refractivity (Wildman–Crippen MR) is 63.9 cm³/mol. The summed E-state index contributed by atoms with van der Waals surface area (Å²) in [4.78, 5) is 4.21. The highest BCUT2D eigenvalue weighted by Crippen LogP contribution is 2.20. The molecule has 1 N–H and O–H groups in total. The molecule has 0 aliphatic rings. The van der Waals surface area contributed by atoms with Gasteiger partial charge >= 0.3 is 0 Å². The van der Waals surface area contributed by atoms with Gasteiger partial charge in [-0.15, -0.1) is 0 Å². The lowest BCUT2D eigenvalue weighted by Gasteiger charge is -2.09. The maximum atomic E-state index is 10.7. The van der Waals surface area contributed by atoms with Gasteiger partial charge in [-0.05, 0) is 31.0 Å². The van der Waals surface area contributed by atoms with Gasteiger partial charge in [0.1, 0.15) is 5.82 Å². The van der Waals surface area contributed by atoms with Gasteiger partial charge in [-0.25, -0.2) is 4.98 Å². The number of benzene rings is 1. The van der Waals surface area contributed by atoms with Crippen molar-refractivity contribution in [2.24, 2.45) is 0 Å². The summed E-state index contributed by atoms with van der Waals surface area (Å²) < 4.78 is 21.5. The van der Waals surface area contributed by atoms with E-state index in [9.17, 15) is 8.76 Å². The highest BCUT2D eigenvalue weighted by molar-refractivity contribution is 7.78. The maximum absolute atomic E-state index is 10.7. The van der Waals surface area contributed by atoms with E-state index in [1.165, 1.54) is 0 Å². The Morgan fingerprint density at radius 3 is 2.76 bits per heavy atom. The van der Waals surface area contributed by atoms with Crippen LogP contribution in [0, 0.1) is 13.8 Å². The minimum Gasteiger partial charge on any atom is -0.772 e. The molecule has 0 aliphatic heterocycles. The van der Waals surface area contributed by atoms with Crippen molar-refractivity contribution in [2.45, 2.75) is 19.6 Å². The molecule has 1 heterocycles. The van der Waals surface area contributed by atoms with E-state index in [4.69, 9.17) is 0 Å². The van der Waals surface area contributed by atoms with Gasteiger partial charge in [-0.1, -0.05) is 23.2 Å². The van der Waals surface area contributed by atoms with Gasteiger partial charge in [0.05, 0.1) is 0 Å². The third-order valence-electron chi connectivity index (χ3n) is 2.48. The van der Waals surface area contributed by atoms with Crippen LogP contribution < -0.4 is 0 Å². The van der Waals surface area contributed by atoms with Gasteiger partial charge in [-0.2, -0.15) is 5.10 Å². The molecule has 1 unspecified atom stereocenters. The van der Waals surface area contributed by atoms with Crippen LogP contribution in [0.15, 0.2) is 18.2 Å². The van der Waals surface area contributed by atoms with Crippen LogP contribution in [0.5, 0.6) is 0 Å². The zero-order valence-electron chi connectivity index (χ0n) is 9.56. The Kier molecular flexibility index (Phi) is 3.35. The van der Waals surface area contributed by atoms with Crippen molar-refractivity contribution in [2.75, 3.05) is 0 Å². The van der Waals surface area contributed by atoms with E-state index >= 15 is 0 Å². The van der Waals surface area contributed by atoms with E-state index < -0.39 is 11.1 Å². The molecule has 5 nitrogen and oxygen atoms in total. The maximum Gasteiger partial charge on any atom is 0.181 e. The van der Waals surface area contributed by atoms with Gasteiger partial charge in [0, 0.05) is 11.3 Å². The molecule has 0 saturated carbocycles. The molecule has 0 radical (unpaired) electrons. The fourth-order valence-corrected chi connectivity index (χ4v) is 2.13. The number of hydrogen-bond donors (Lipinski definition) is 1. The smallest absolute Gasteiger partial charge is 0.181 e. The zero-order valence-corrected chi connectivity index (χ0v) is 10.4. The molecule has 1 aromatic heterocycles. The fourth-order valence-electron chi connectivity index (χ4n) is 1.56. The van der Waals surface area contributed by atoms with Crippen molar-refractivity contribution in [3.8, 4) is 11.4 Å². The average Bonchev–Trinajstić information content (AvgIpc) is 2.67. The van der Waals surface area contributed by atoms with E-state index in [1.54, 1.807) is 0 Å². The van der Waals surface area contributed by atoms with Crippen molar-refractivity contribution < 1.29 is 8.76 Å². The normalized spacial score (nSPS) is 12.6. The third-order valence-corrected chi connectivity index (χ3v) is 3.02. The quantitative estimate of drug-likeness (QED) is 0.836. The third kappa shape index (κ3) is 2.78. The van der Waals surface area contributed by atoms with E-state index in [1.807, 2.05) is 32.0 Å². The largest absolute Gasteiger partial charge is 0.772 e. The molecule has 0 spiro atoms. The molecule has 0 fully saturated rings. The Labute approximate surface area is 102 Å². The molecule has 0 saturated heterocycles. The fraction of sp³-hybridized carbons (Fsp3) is 0.273. The molecule has 6 heteroatoms. The lowest BCUT2D eigenvalue weighted by molar-refractivity contribution is 0.536. The number of H-pyrrole nitrogens is 1. The number of aryl methyl sites for hydroxylation is 2. The van der Waals surface area contributed by atoms with Gasteiger partial charge in [0.2, 0.25) is 0 Å². The summed E-state index contributed by atoms with van der Waals surface area (Å²) in [5.74, 6) is 1.33. The van der Waals surface area contributed by atoms with Crippen molar-refractivity contribution in [1.29, 1.82) is 0 Å². The van der Waals surface area contributed by atoms with E-state index in [-0.39, 0.29) is 5.75 Å². The minimum absolute atomic E-state index is 0.0169. The number of aromatic amines is 1. The first-order valence-corrected chi connectivity index (χ1v) is 6.35. The van der Waals surface area contributed by atoms with Gasteiger partial charge < -0.3 is 4.55 Å². The summed E-state index contributed by atoms with van der Waals surface area (Å²) in [6, 6.07) is 5.58.